The molecule has 0 bridgehead atoms. The van der Waals surface area contributed by atoms with Crippen molar-refractivity contribution in [3.05, 3.63) is 65.8 Å². The van der Waals surface area contributed by atoms with Gasteiger partial charge in [-0.1, -0.05) is 64.5 Å². The molecule has 4 rings (SSSR count). The minimum absolute atomic E-state index is 0.0990. The van der Waals surface area contributed by atoms with Gasteiger partial charge in [0.05, 0.1) is 36.4 Å². The fraction of sp³-hybridized carbons (Fsp3) is 0.644. The number of unbranched alkanes of at least 4 members (excludes halogenated alkanes) is 2. The van der Waals surface area contributed by atoms with Gasteiger partial charge in [0, 0.05) is 83.0 Å². The standard InChI is InChI=1S/C59H90N8O16/c1-36(2)51(64-47(69)19-12-11-13-27-67-48(70)24-25-49(67)71)55(75)63-45(18-15-26-61-56(60)76)54(74)62-43-22-20-42(21-23-43)35-80-57(77)65-28-30-66(31-29-65)58(78)82-46-32-44(33-50(72)73)81-52(39(46)5)38(4)17-14-16-37(3)34-59(8,9)83-41(7)53(79-10)40(6)68/h14,16-17,20-25,36-37,39-41,44-46,51-53,68H,11-13,15,18-19,26-35H2,1-10H3,(H,62,74)(H,63,75)(H,64,69)(H,72,73)(H3,60,61,76)/b16-14+,38-17+/t37-,39+,40-,41?,44-,45+,46-,51+,52-,53+/m1/s1. The minimum atomic E-state index is -1.08. The number of piperazine rings is 1. The number of aliphatic carboxylic acids is 1. The summed E-state index contributed by atoms with van der Waals surface area (Å²) >= 11 is 0. The van der Waals surface area contributed by atoms with Crippen LogP contribution in [0.5, 0.6) is 0 Å². The van der Waals surface area contributed by atoms with Gasteiger partial charge in [-0.2, -0.15) is 0 Å². The molecule has 1 unspecified atom stereocenters. The van der Waals surface area contributed by atoms with Crippen LogP contribution >= 0.6 is 0 Å². The van der Waals surface area contributed by atoms with Crippen LogP contribution in [0.3, 0.4) is 0 Å². The lowest BCUT2D eigenvalue weighted by Crippen LogP contribution is -2.54. The van der Waals surface area contributed by atoms with Crippen molar-refractivity contribution in [2.45, 2.75) is 181 Å². The predicted octanol–water partition coefficient (Wildman–Crippen LogP) is 5.32. The van der Waals surface area contributed by atoms with Crippen molar-refractivity contribution in [1.29, 1.82) is 0 Å². The molecular weight excluding hydrogens is 1080 g/mol. The number of carbonyl (C=O) groups excluding carboxylic acids is 8. The maximum absolute atomic E-state index is 13.7. The number of urea groups is 1. The quantitative estimate of drug-likeness (QED) is 0.0281. The van der Waals surface area contributed by atoms with Gasteiger partial charge in [-0.25, -0.2) is 14.4 Å². The largest absolute Gasteiger partial charge is 0.481 e. The molecule has 8 N–H and O–H groups in total. The topological polar surface area (TPSA) is 324 Å². The SMILES string of the molecule is CO[C@H](C(C)OC(C)(C)C[C@H](C)/C=C/C=C(\C)[C@H]1O[C@@H](CC(=O)O)C[C@@H](OC(=O)N2CCN(C(=O)OCc3ccc(NC(=O)[C@H](CCCNC(N)=O)NC(=O)[C@@H](NC(=O)CCCCCN4C(=O)C=CC4=O)C(C)C)cc3)CC2)[C@@H]1C)[C@@H](C)O. The van der Waals surface area contributed by atoms with Gasteiger partial charge in [0.15, 0.2) is 0 Å². The number of nitrogens with zero attached hydrogens (tertiary/aromatic N) is 3. The van der Waals surface area contributed by atoms with E-state index in [4.69, 9.17) is 29.4 Å². The Kier molecular flexibility index (Phi) is 27.6. The molecule has 3 aliphatic rings. The van der Waals surface area contributed by atoms with Crippen LogP contribution in [-0.2, 0) is 59.1 Å². The molecule has 9 amide bonds. The van der Waals surface area contributed by atoms with Crippen LogP contribution in [0.25, 0.3) is 0 Å². The van der Waals surface area contributed by atoms with Crippen LogP contribution < -0.4 is 27.0 Å². The Morgan fingerprint density at radius 3 is 2.11 bits per heavy atom. The first-order chi connectivity index (χ1) is 39.2. The second kappa shape index (κ2) is 33.4. The number of hydrogen-bond donors (Lipinski definition) is 7. The maximum atomic E-state index is 13.7. The van der Waals surface area contributed by atoms with Gasteiger partial charge in [0.1, 0.15) is 30.9 Å². The summed E-state index contributed by atoms with van der Waals surface area (Å²) in [5.41, 5.74) is 6.52. The molecule has 0 spiro atoms. The number of anilines is 1. The van der Waals surface area contributed by atoms with E-state index in [0.717, 1.165) is 10.5 Å². The Balaban J connectivity index is 1.26. The van der Waals surface area contributed by atoms with Crippen molar-refractivity contribution in [3.63, 3.8) is 0 Å². The van der Waals surface area contributed by atoms with Gasteiger partial charge < -0.3 is 70.7 Å². The van der Waals surface area contributed by atoms with Crippen LogP contribution in [-0.4, -0.2) is 179 Å². The minimum Gasteiger partial charge on any atom is -0.481 e. The van der Waals surface area contributed by atoms with E-state index >= 15 is 0 Å². The third kappa shape index (κ3) is 23.0. The molecule has 1 aromatic rings. The third-order valence-corrected chi connectivity index (χ3v) is 14.8. The van der Waals surface area contributed by atoms with E-state index in [-0.39, 0.29) is 120 Å². The fourth-order valence-corrected chi connectivity index (χ4v) is 10.4. The zero-order valence-electron chi connectivity index (χ0n) is 49.9. The molecule has 0 saturated carbocycles. The number of nitrogens with one attached hydrogen (secondary N) is 4. The van der Waals surface area contributed by atoms with E-state index < -0.39 is 84.2 Å². The number of aliphatic hydroxyl groups excluding tert-OH is 1. The van der Waals surface area contributed by atoms with E-state index in [0.29, 0.717) is 36.9 Å². The summed E-state index contributed by atoms with van der Waals surface area (Å²) < 4.78 is 29.7. The molecule has 2 saturated heterocycles. The molecule has 3 aliphatic heterocycles. The Morgan fingerprint density at radius 2 is 1.52 bits per heavy atom. The van der Waals surface area contributed by atoms with Gasteiger partial charge in [-0.15, -0.1) is 0 Å². The maximum Gasteiger partial charge on any atom is 0.410 e. The Bertz CT molecular complexity index is 2440. The molecule has 24 heteroatoms. The smallest absolute Gasteiger partial charge is 0.410 e. The second-order valence-corrected chi connectivity index (χ2v) is 22.8. The number of carboxylic acids is 1. The summed E-state index contributed by atoms with van der Waals surface area (Å²) in [5.74, 6) is -3.84. The lowest BCUT2D eigenvalue weighted by molar-refractivity contribution is -0.151. The van der Waals surface area contributed by atoms with Crippen LogP contribution in [0.1, 0.15) is 126 Å². The molecule has 462 valence electrons. The molecule has 2 fully saturated rings. The zero-order chi connectivity index (χ0) is 61.6. The van der Waals surface area contributed by atoms with E-state index in [2.05, 4.69) is 34.3 Å². The molecule has 24 nitrogen and oxygen atoms in total. The highest BCUT2D eigenvalue weighted by atomic mass is 16.6. The van der Waals surface area contributed by atoms with Crippen molar-refractivity contribution in [2.24, 2.45) is 23.5 Å². The number of ether oxygens (including phenoxy) is 5. The van der Waals surface area contributed by atoms with Gasteiger partial charge in [-0.3, -0.25) is 33.7 Å². The number of primary amides is 1. The van der Waals surface area contributed by atoms with Crippen LogP contribution in [0.15, 0.2) is 60.2 Å². The molecule has 1 aromatic carbocycles. The average Bonchev–Trinajstić information content (AvgIpc) is 3.80. The number of allylic oxidation sites excluding steroid dienone is 3. The van der Waals surface area contributed by atoms with Crippen LogP contribution in [0.2, 0.25) is 0 Å². The number of methoxy groups -OCH3 is 1. The molecule has 0 aromatic heterocycles. The Hall–Kier alpha value is -6.89. The summed E-state index contributed by atoms with van der Waals surface area (Å²) in [4.78, 5) is 118. The zero-order valence-corrected chi connectivity index (χ0v) is 49.9. The number of amides is 9. The summed E-state index contributed by atoms with van der Waals surface area (Å²) in [6, 6.07) is 3.73. The normalized spacial score (nSPS) is 20.8. The monoisotopic (exact) mass is 1170 g/mol. The fourth-order valence-electron chi connectivity index (χ4n) is 10.4. The van der Waals surface area contributed by atoms with Crippen LogP contribution in [0, 0.1) is 17.8 Å². The highest BCUT2D eigenvalue weighted by molar-refractivity contribution is 6.12. The molecular formula is C59H90N8O16. The van der Waals surface area contributed by atoms with Gasteiger partial charge >= 0.3 is 24.2 Å². The number of carboxylic acid groups (broad SMARTS) is 1. The van der Waals surface area contributed by atoms with Crippen molar-refractivity contribution in [1.82, 2.24) is 30.7 Å². The van der Waals surface area contributed by atoms with Crippen molar-refractivity contribution in [2.75, 3.05) is 51.7 Å². The molecule has 0 aliphatic carbocycles. The van der Waals surface area contributed by atoms with E-state index in [1.54, 1.807) is 52.1 Å². The summed E-state index contributed by atoms with van der Waals surface area (Å²) in [6.45, 7) is 17.9. The lowest BCUT2D eigenvalue weighted by atomic mass is 9.85. The van der Waals surface area contributed by atoms with Gasteiger partial charge in [0.2, 0.25) is 17.7 Å². The highest BCUT2D eigenvalue weighted by Crippen LogP contribution is 2.34. The number of carbonyl (C=O) groups is 9. The lowest BCUT2D eigenvalue weighted by Gasteiger charge is -2.41. The van der Waals surface area contributed by atoms with Crippen molar-refractivity contribution < 1.29 is 77.0 Å². The molecule has 83 heavy (non-hydrogen) atoms. The highest BCUT2D eigenvalue weighted by Gasteiger charge is 2.41. The van der Waals surface area contributed by atoms with E-state index in [9.17, 15) is 53.4 Å². The summed E-state index contributed by atoms with van der Waals surface area (Å²) in [5, 5.41) is 30.5. The Labute approximate surface area is 487 Å². The van der Waals surface area contributed by atoms with Crippen LogP contribution in [0.4, 0.5) is 20.1 Å². The Morgan fingerprint density at radius 1 is 0.880 bits per heavy atom. The number of imide groups is 1. The number of nitrogens with two attached hydrogens (primary N) is 1. The number of benzene rings is 1. The molecule has 10 atom stereocenters. The number of aliphatic hydroxyl groups is 1. The van der Waals surface area contributed by atoms with Gasteiger partial charge in [0.25, 0.3) is 11.8 Å². The average molecular weight is 1170 g/mol. The summed E-state index contributed by atoms with van der Waals surface area (Å²) in [7, 11) is 1.55. The number of rotatable bonds is 31. The summed E-state index contributed by atoms with van der Waals surface area (Å²) in [6.07, 6.45) is 6.44. The van der Waals surface area contributed by atoms with E-state index in [1.165, 1.54) is 22.0 Å². The molecule has 0 radical (unpaired) electrons. The van der Waals surface area contributed by atoms with Crippen molar-refractivity contribution in [3.8, 4) is 0 Å². The van der Waals surface area contributed by atoms with Gasteiger partial charge in [-0.05, 0) is 102 Å². The second-order valence-electron chi connectivity index (χ2n) is 22.8. The van der Waals surface area contributed by atoms with Crippen molar-refractivity contribution >= 4 is 59.4 Å². The first kappa shape index (κ1) is 68.6. The van der Waals surface area contributed by atoms with E-state index in [1.807, 2.05) is 46.8 Å². The third-order valence-electron chi connectivity index (χ3n) is 14.8. The first-order valence-corrected chi connectivity index (χ1v) is 28.7. The first-order valence-electron chi connectivity index (χ1n) is 28.7. The molecule has 3 heterocycles. The predicted molar refractivity (Wildman–Crippen MR) is 307 cm³/mol. The number of hydrogen-bond acceptors (Lipinski definition) is 15.